The molecule has 0 aromatic carbocycles. The maximum absolute atomic E-state index is 9.31. The number of hydrogen-bond acceptors (Lipinski definition) is 5. The Kier molecular flexibility index (Phi) is 3.75. The molecular weight excluding hydrogens is 264 g/mol. The molecule has 18 heavy (non-hydrogen) atoms. The first kappa shape index (κ1) is 12.3. The van der Waals surface area contributed by atoms with Crippen molar-refractivity contribution in [2.75, 3.05) is 13.2 Å². The largest absolute Gasteiger partial charge is 0.395 e. The minimum Gasteiger partial charge on any atom is -0.395 e. The Hall–Kier alpha value is -0.750. The van der Waals surface area contributed by atoms with Crippen molar-refractivity contribution in [2.45, 2.75) is 25.4 Å². The minimum atomic E-state index is 0.265. The quantitative estimate of drug-likeness (QED) is 0.935. The predicted molar refractivity (Wildman–Crippen MR) is 75.9 cm³/mol. The molecule has 1 N–H and O–H groups in total. The van der Waals surface area contributed by atoms with Gasteiger partial charge in [0.05, 0.1) is 12.3 Å². The summed E-state index contributed by atoms with van der Waals surface area (Å²) in [7, 11) is 0. The molecule has 1 aliphatic heterocycles. The van der Waals surface area contributed by atoms with E-state index in [0.717, 1.165) is 30.2 Å². The molecule has 3 rings (SSSR count). The number of hydrogen-bond donors (Lipinski definition) is 1. The number of nitrogens with zero attached hydrogens (tertiary/aromatic N) is 2. The van der Waals surface area contributed by atoms with Gasteiger partial charge in [0.15, 0.2) is 0 Å². The van der Waals surface area contributed by atoms with Gasteiger partial charge >= 0.3 is 0 Å². The standard InChI is InChI=1S/C13H16N2OS2/c16-7-12-2-1-4-15(12)6-11-9-18-13(14-11)10-3-5-17-8-10/h3,5,8-9,12,16H,1-2,4,6-7H2/t12-/m1/s1. The first-order chi connectivity index (χ1) is 8.86. The Morgan fingerprint density at radius 3 is 3.17 bits per heavy atom. The molecule has 1 saturated heterocycles. The van der Waals surface area contributed by atoms with E-state index in [1.165, 1.54) is 12.0 Å². The van der Waals surface area contributed by atoms with Crippen LogP contribution in [0.4, 0.5) is 0 Å². The van der Waals surface area contributed by atoms with Crippen molar-refractivity contribution in [2.24, 2.45) is 0 Å². The SMILES string of the molecule is OC[C@H]1CCCN1Cc1csc(-c2ccsc2)n1. The van der Waals surface area contributed by atoms with E-state index >= 15 is 0 Å². The maximum atomic E-state index is 9.31. The van der Waals surface area contributed by atoms with Crippen LogP contribution in [0.5, 0.6) is 0 Å². The van der Waals surface area contributed by atoms with Crippen molar-refractivity contribution < 1.29 is 5.11 Å². The summed E-state index contributed by atoms with van der Waals surface area (Å²) in [6.45, 7) is 2.21. The van der Waals surface area contributed by atoms with E-state index in [9.17, 15) is 5.11 Å². The monoisotopic (exact) mass is 280 g/mol. The van der Waals surface area contributed by atoms with Crippen LogP contribution in [-0.4, -0.2) is 34.2 Å². The number of thiophene rings is 1. The van der Waals surface area contributed by atoms with E-state index in [1.807, 2.05) is 0 Å². The third-order valence-corrected chi connectivity index (χ3v) is 5.02. The highest BCUT2D eigenvalue weighted by Gasteiger charge is 2.24. The Morgan fingerprint density at radius 1 is 1.44 bits per heavy atom. The van der Waals surface area contributed by atoms with E-state index in [4.69, 9.17) is 0 Å². The molecule has 0 saturated carbocycles. The second kappa shape index (κ2) is 5.48. The number of aliphatic hydroxyl groups excluding tert-OH is 1. The summed E-state index contributed by atoms with van der Waals surface area (Å²) in [6, 6.07) is 2.44. The molecule has 2 aromatic rings. The molecule has 0 unspecified atom stereocenters. The maximum Gasteiger partial charge on any atom is 0.124 e. The zero-order valence-electron chi connectivity index (χ0n) is 10.1. The Labute approximate surface area is 115 Å². The molecule has 0 bridgehead atoms. The first-order valence-electron chi connectivity index (χ1n) is 6.18. The molecule has 1 fully saturated rings. The summed E-state index contributed by atoms with van der Waals surface area (Å²) in [5, 5.41) is 16.8. The number of likely N-dealkylation sites (tertiary alicyclic amines) is 1. The van der Waals surface area contributed by atoms with Gasteiger partial charge in [-0.05, 0) is 30.8 Å². The minimum absolute atomic E-state index is 0.265. The highest BCUT2D eigenvalue weighted by Crippen LogP contribution is 2.27. The van der Waals surface area contributed by atoms with Crippen molar-refractivity contribution in [3.8, 4) is 10.6 Å². The summed E-state index contributed by atoms with van der Waals surface area (Å²) in [5.41, 5.74) is 2.35. The second-order valence-electron chi connectivity index (χ2n) is 4.61. The molecule has 5 heteroatoms. The van der Waals surface area contributed by atoms with Crippen LogP contribution in [0.2, 0.25) is 0 Å². The average molecular weight is 280 g/mol. The van der Waals surface area contributed by atoms with Gasteiger partial charge in [-0.3, -0.25) is 4.90 Å². The normalized spacial score (nSPS) is 20.6. The van der Waals surface area contributed by atoms with Crippen LogP contribution in [0.3, 0.4) is 0 Å². The van der Waals surface area contributed by atoms with Gasteiger partial charge in [0, 0.05) is 28.9 Å². The fraction of sp³-hybridized carbons (Fsp3) is 0.462. The lowest BCUT2D eigenvalue weighted by atomic mass is 10.2. The summed E-state index contributed by atoms with van der Waals surface area (Å²) in [4.78, 5) is 7.03. The summed E-state index contributed by atoms with van der Waals surface area (Å²) in [5.74, 6) is 0. The lowest BCUT2D eigenvalue weighted by molar-refractivity contribution is 0.152. The van der Waals surface area contributed by atoms with Crippen LogP contribution >= 0.6 is 22.7 Å². The van der Waals surface area contributed by atoms with Gasteiger partial charge in [0.2, 0.25) is 0 Å². The molecule has 0 aliphatic carbocycles. The fourth-order valence-electron chi connectivity index (χ4n) is 2.42. The number of aliphatic hydroxyl groups is 1. The fourth-order valence-corrected chi connectivity index (χ4v) is 3.94. The Morgan fingerprint density at radius 2 is 2.39 bits per heavy atom. The van der Waals surface area contributed by atoms with Crippen molar-refractivity contribution in [3.05, 3.63) is 27.9 Å². The Bertz CT molecular complexity index is 495. The first-order valence-corrected chi connectivity index (χ1v) is 8.01. The van der Waals surface area contributed by atoms with Crippen LogP contribution in [-0.2, 0) is 6.54 Å². The lowest BCUT2D eigenvalue weighted by Gasteiger charge is -2.21. The molecule has 3 heterocycles. The third-order valence-electron chi connectivity index (χ3n) is 3.39. The van der Waals surface area contributed by atoms with Gasteiger partial charge in [0.1, 0.15) is 5.01 Å². The van der Waals surface area contributed by atoms with Gasteiger partial charge in [-0.25, -0.2) is 4.98 Å². The predicted octanol–water partition coefficient (Wildman–Crippen LogP) is 2.83. The molecule has 1 atom stereocenters. The van der Waals surface area contributed by atoms with E-state index in [1.54, 1.807) is 22.7 Å². The molecule has 0 spiro atoms. The smallest absolute Gasteiger partial charge is 0.124 e. The van der Waals surface area contributed by atoms with Gasteiger partial charge < -0.3 is 5.11 Å². The van der Waals surface area contributed by atoms with E-state index < -0.39 is 0 Å². The highest BCUT2D eigenvalue weighted by atomic mass is 32.1. The topological polar surface area (TPSA) is 36.4 Å². The molecule has 0 radical (unpaired) electrons. The molecular formula is C13H16N2OS2. The van der Waals surface area contributed by atoms with Crippen LogP contribution < -0.4 is 0 Å². The van der Waals surface area contributed by atoms with Gasteiger partial charge in [-0.15, -0.1) is 11.3 Å². The highest BCUT2D eigenvalue weighted by molar-refractivity contribution is 7.14. The van der Waals surface area contributed by atoms with Crippen LogP contribution in [0, 0.1) is 0 Å². The summed E-state index contributed by atoms with van der Waals surface area (Å²) in [6.07, 6.45) is 2.30. The molecule has 2 aromatic heterocycles. The third kappa shape index (κ3) is 2.49. The van der Waals surface area contributed by atoms with E-state index in [0.29, 0.717) is 6.04 Å². The van der Waals surface area contributed by atoms with Crippen molar-refractivity contribution in [1.29, 1.82) is 0 Å². The second-order valence-corrected chi connectivity index (χ2v) is 6.24. The number of thiazole rings is 1. The molecule has 3 nitrogen and oxygen atoms in total. The van der Waals surface area contributed by atoms with Crippen molar-refractivity contribution in [3.63, 3.8) is 0 Å². The van der Waals surface area contributed by atoms with Gasteiger partial charge in [-0.1, -0.05) is 0 Å². The lowest BCUT2D eigenvalue weighted by Crippen LogP contribution is -2.31. The van der Waals surface area contributed by atoms with Gasteiger partial charge in [-0.2, -0.15) is 11.3 Å². The summed E-state index contributed by atoms with van der Waals surface area (Å²) >= 11 is 3.41. The summed E-state index contributed by atoms with van der Waals surface area (Å²) < 4.78 is 0. The Balaban J connectivity index is 1.70. The average Bonchev–Trinajstić information content (AvgIpc) is 3.10. The number of aromatic nitrogens is 1. The van der Waals surface area contributed by atoms with Crippen LogP contribution in [0.25, 0.3) is 10.6 Å². The number of rotatable bonds is 4. The molecule has 0 amide bonds. The molecule has 96 valence electrons. The van der Waals surface area contributed by atoms with Crippen LogP contribution in [0.1, 0.15) is 18.5 Å². The molecule has 1 aliphatic rings. The van der Waals surface area contributed by atoms with E-state index in [2.05, 4.69) is 32.1 Å². The zero-order chi connectivity index (χ0) is 12.4. The van der Waals surface area contributed by atoms with Crippen molar-refractivity contribution >= 4 is 22.7 Å². The van der Waals surface area contributed by atoms with Crippen LogP contribution in [0.15, 0.2) is 22.2 Å². The van der Waals surface area contributed by atoms with E-state index in [-0.39, 0.29) is 6.61 Å². The zero-order valence-corrected chi connectivity index (χ0v) is 11.7. The van der Waals surface area contributed by atoms with Gasteiger partial charge in [0.25, 0.3) is 0 Å². The van der Waals surface area contributed by atoms with Crippen molar-refractivity contribution in [1.82, 2.24) is 9.88 Å².